The number of benzene rings is 1. The number of nitrogens with zero attached hydrogens (tertiary/aromatic N) is 1. The van der Waals surface area contributed by atoms with Crippen LogP contribution in [0.25, 0.3) is 11.1 Å². The summed E-state index contributed by atoms with van der Waals surface area (Å²) >= 11 is 0. The number of nitrogens with one attached hydrogen (secondary N) is 1. The van der Waals surface area contributed by atoms with Gasteiger partial charge in [-0.3, -0.25) is 14.6 Å². The Morgan fingerprint density at radius 2 is 1.71 bits per heavy atom. The predicted octanol–water partition coefficient (Wildman–Crippen LogP) is 6.04. The third kappa shape index (κ3) is 7.82. The summed E-state index contributed by atoms with van der Waals surface area (Å²) in [5.74, 6) is -0.150. The second kappa shape index (κ2) is 12.9. The van der Waals surface area contributed by atoms with E-state index in [0.717, 1.165) is 34.2 Å². The SMILES string of the molecule is CC.COC(=O)CC(NC(=O)C(C)CC(C)C)c1cncc(-c2c(C)cccc2C)c1.[HH]. The van der Waals surface area contributed by atoms with Crippen LogP contribution in [0.5, 0.6) is 0 Å². The first-order valence-electron chi connectivity index (χ1n) is 11.1. The lowest BCUT2D eigenvalue weighted by atomic mass is 9.94. The maximum atomic E-state index is 12.7. The molecule has 0 spiro atoms. The van der Waals surface area contributed by atoms with E-state index in [1.807, 2.05) is 39.1 Å². The van der Waals surface area contributed by atoms with Crippen LogP contribution in [0.15, 0.2) is 36.7 Å². The summed E-state index contributed by atoms with van der Waals surface area (Å²) in [6, 6.07) is 7.68. The maximum Gasteiger partial charge on any atom is 0.307 e. The molecule has 172 valence electrons. The topological polar surface area (TPSA) is 68.3 Å². The fourth-order valence-electron chi connectivity index (χ4n) is 3.69. The largest absolute Gasteiger partial charge is 0.469 e. The fraction of sp³-hybridized carbons (Fsp3) is 0.500. The molecular weight excluding hydrogens is 388 g/mol. The Hall–Kier alpha value is -2.69. The molecule has 1 aromatic heterocycles. The van der Waals surface area contributed by atoms with Gasteiger partial charge < -0.3 is 10.1 Å². The minimum atomic E-state index is -0.485. The van der Waals surface area contributed by atoms with E-state index < -0.39 is 6.04 Å². The molecule has 5 nitrogen and oxygen atoms in total. The lowest BCUT2D eigenvalue weighted by Gasteiger charge is -2.22. The highest BCUT2D eigenvalue weighted by Gasteiger charge is 2.23. The molecular formula is C26H40N2O3. The molecule has 0 aliphatic carbocycles. The second-order valence-corrected chi connectivity index (χ2v) is 8.15. The van der Waals surface area contributed by atoms with Crippen LogP contribution in [0.1, 0.15) is 71.6 Å². The van der Waals surface area contributed by atoms with Crippen molar-refractivity contribution in [3.05, 3.63) is 53.3 Å². The summed E-state index contributed by atoms with van der Waals surface area (Å²) in [6.07, 6.45) is 4.38. The van der Waals surface area contributed by atoms with Gasteiger partial charge in [-0.1, -0.05) is 52.8 Å². The van der Waals surface area contributed by atoms with Crippen molar-refractivity contribution in [2.24, 2.45) is 11.8 Å². The van der Waals surface area contributed by atoms with Crippen molar-refractivity contribution >= 4 is 11.9 Å². The zero-order valence-electron chi connectivity index (χ0n) is 20.3. The molecule has 0 radical (unpaired) electrons. The highest BCUT2D eigenvalue weighted by molar-refractivity contribution is 5.80. The zero-order chi connectivity index (χ0) is 23.6. The van der Waals surface area contributed by atoms with Crippen LogP contribution >= 0.6 is 0 Å². The van der Waals surface area contributed by atoms with Crippen molar-refractivity contribution < 1.29 is 15.8 Å². The van der Waals surface area contributed by atoms with Crippen LogP contribution in [0, 0.1) is 25.7 Å². The van der Waals surface area contributed by atoms with Crippen LogP contribution < -0.4 is 5.32 Å². The fourth-order valence-corrected chi connectivity index (χ4v) is 3.69. The van der Waals surface area contributed by atoms with Gasteiger partial charge in [-0.15, -0.1) is 0 Å². The normalized spacial score (nSPS) is 12.4. The zero-order valence-corrected chi connectivity index (χ0v) is 20.3. The molecule has 2 unspecified atom stereocenters. The Balaban J connectivity index is 0.00000311. The van der Waals surface area contributed by atoms with Gasteiger partial charge in [0.05, 0.1) is 19.6 Å². The van der Waals surface area contributed by atoms with E-state index in [1.54, 1.807) is 6.20 Å². The number of ether oxygens (including phenoxy) is 1. The van der Waals surface area contributed by atoms with Crippen molar-refractivity contribution in [3.63, 3.8) is 0 Å². The Bertz CT molecular complexity index is 848. The van der Waals surface area contributed by atoms with Gasteiger partial charge in [-0.25, -0.2) is 0 Å². The van der Waals surface area contributed by atoms with Crippen LogP contribution in [0.4, 0.5) is 0 Å². The van der Waals surface area contributed by atoms with Crippen LogP contribution in [-0.2, 0) is 14.3 Å². The van der Waals surface area contributed by atoms with Crippen LogP contribution in [-0.4, -0.2) is 24.0 Å². The Morgan fingerprint density at radius 3 is 2.26 bits per heavy atom. The molecule has 0 bridgehead atoms. The molecule has 0 aliphatic rings. The monoisotopic (exact) mass is 428 g/mol. The summed E-state index contributed by atoms with van der Waals surface area (Å²) in [5.41, 5.74) is 5.20. The minimum Gasteiger partial charge on any atom is -0.469 e. The molecule has 0 saturated heterocycles. The third-order valence-electron chi connectivity index (χ3n) is 5.12. The maximum absolute atomic E-state index is 12.7. The molecule has 2 rings (SSSR count). The number of hydrogen-bond acceptors (Lipinski definition) is 4. The summed E-state index contributed by atoms with van der Waals surface area (Å²) in [5, 5.41) is 3.03. The van der Waals surface area contributed by atoms with Crippen LogP contribution in [0.3, 0.4) is 0 Å². The summed E-state index contributed by atoms with van der Waals surface area (Å²) in [7, 11) is 1.36. The predicted molar refractivity (Wildman–Crippen MR) is 129 cm³/mol. The van der Waals surface area contributed by atoms with Gasteiger partial charge >= 0.3 is 5.97 Å². The highest BCUT2D eigenvalue weighted by atomic mass is 16.5. The number of hydrogen-bond donors (Lipinski definition) is 1. The number of rotatable bonds is 8. The first kappa shape index (κ1) is 26.3. The molecule has 1 heterocycles. The summed E-state index contributed by atoms with van der Waals surface area (Å²) < 4.78 is 4.85. The molecule has 5 heteroatoms. The van der Waals surface area contributed by atoms with E-state index in [1.165, 1.54) is 7.11 Å². The highest BCUT2D eigenvalue weighted by Crippen LogP contribution is 2.29. The number of aryl methyl sites for hydroxylation is 2. The molecule has 1 N–H and O–H groups in total. The smallest absolute Gasteiger partial charge is 0.307 e. The molecule has 31 heavy (non-hydrogen) atoms. The van der Waals surface area contributed by atoms with Crippen molar-refractivity contribution in [3.8, 4) is 11.1 Å². The van der Waals surface area contributed by atoms with E-state index >= 15 is 0 Å². The third-order valence-corrected chi connectivity index (χ3v) is 5.12. The van der Waals surface area contributed by atoms with Crippen molar-refractivity contribution in [1.82, 2.24) is 10.3 Å². The first-order valence-corrected chi connectivity index (χ1v) is 11.1. The van der Waals surface area contributed by atoms with Gasteiger partial charge in [-0.2, -0.15) is 0 Å². The number of aromatic nitrogens is 1. The van der Waals surface area contributed by atoms with Gasteiger partial charge in [0.15, 0.2) is 0 Å². The molecule has 0 aliphatic heterocycles. The van der Waals surface area contributed by atoms with Crippen molar-refractivity contribution in [1.29, 1.82) is 0 Å². The van der Waals surface area contributed by atoms with Crippen molar-refractivity contribution in [2.75, 3.05) is 7.11 Å². The average Bonchev–Trinajstić information content (AvgIpc) is 2.74. The number of methoxy groups -OCH3 is 1. The van der Waals surface area contributed by atoms with Gasteiger partial charge in [-0.05, 0) is 54.5 Å². The molecule has 1 amide bonds. The van der Waals surface area contributed by atoms with Crippen molar-refractivity contribution in [2.45, 2.75) is 67.3 Å². The Kier molecular flexibility index (Phi) is 10.9. The quantitative estimate of drug-likeness (QED) is 0.520. The Morgan fingerprint density at radius 1 is 1.10 bits per heavy atom. The summed E-state index contributed by atoms with van der Waals surface area (Å²) in [4.78, 5) is 29.1. The molecule has 2 atom stereocenters. The lowest BCUT2D eigenvalue weighted by molar-refractivity contribution is -0.141. The molecule has 2 aromatic rings. The number of carbonyl (C=O) groups is 2. The number of pyridine rings is 1. The number of carbonyl (C=O) groups excluding carboxylic acids is 2. The van der Waals surface area contributed by atoms with E-state index in [2.05, 4.69) is 50.1 Å². The average molecular weight is 429 g/mol. The Labute approximate surface area is 189 Å². The number of amides is 1. The second-order valence-electron chi connectivity index (χ2n) is 8.15. The van der Waals surface area contributed by atoms with Gasteiger partial charge in [0.2, 0.25) is 5.91 Å². The summed E-state index contributed by atoms with van der Waals surface area (Å²) in [6.45, 7) is 14.2. The van der Waals surface area contributed by atoms with E-state index in [9.17, 15) is 9.59 Å². The lowest BCUT2D eigenvalue weighted by Crippen LogP contribution is -2.34. The molecule has 0 fully saturated rings. The van der Waals surface area contributed by atoms with E-state index in [4.69, 9.17) is 4.74 Å². The van der Waals surface area contributed by atoms with Gasteiger partial charge in [0.25, 0.3) is 0 Å². The molecule has 0 saturated carbocycles. The van der Waals surface area contributed by atoms with Crippen LogP contribution in [0.2, 0.25) is 0 Å². The van der Waals surface area contributed by atoms with E-state index in [0.29, 0.717) is 5.92 Å². The van der Waals surface area contributed by atoms with Gasteiger partial charge in [0.1, 0.15) is 0 Å². The van der Waals surface area contributed by atoms with Gasteiger partial charge in [0, 0.05) is 25.3 Å². The first-order chi connectivity index (χ1) is 14.7. The standard InChI is InChI=1S/C24H32N2O3.C2H6.H2/c1-15(2)10-18(5)24(28)26-21(12-22(27)29-6)19-11-20(14-25-13-19)23-16(3)8-7-9-17(23)4;1-2;/h7-9,11,13-15,18,21H,10,12H2,1-6H3,(H,26,28);1-2H3;1H. The molecule has 1 aromatic carbocycles. The van der Waals surface area contributed by atoms with E-state index in [-0.39, 0.29) is 25.6 Å². The minimum absolute atomic E-state index is 0. The number of esters is 1.